The number of aryl methyl sites for hydroxylation is 2. The number of rotatable bonds is 9. The van der Waals surface area contributed by atoms with E-state index in [1.807, 2.05) is 6.92 Å². The van der Waals surface area contributed by atoms with E-state index < -0.39 is 0 Å². The first kappa shape index (κ1) is 24.1. The van der Waals surface area contributed by atoms with Crippen molar-refractivity contribution in [2.45, 2.75) is 46.6 Å². The van der Waals surface area contributed by atoms with E-state index in [-0.39, 0.29) is 24.0 Å². The fourth-order valence-corrected chi connectivity index (χ4v) is 3.07. The number of ether oxygens (including phenoxy) is 1. The lowest BCUT2D eigenvalue weighted by molar-refractivity contribution is 0.00867. The molecule has 27 heavy (non-hydrogen) atoms. The zero-order valence-corrected chi connectivity index (χ0v) is 19.4. The molecule has 1 aromatic heterocycles. The van der Waals surface area contributed by atoms with Crippen LogP contribution < -0.4 is 10.6 Å². The van der Waals surface area contributed by atoms with Gasteiger partial charge in [-0.15, -0.1) is 24.0 Å². The third-order valence-electron chi connectivity index (χ3n) is 4.49. The molecule has 2 rings (SSSR count). The van der Waals surface area contributed by atoms with E-state index in [0.717, 1.165) is 64.7 Å². The van der Waals surface area contributed by atoms with E-state index in [1.54, 1.807) is 0 Å². The monoisotopic (exact) mass is 494 g/mol. The van der Waals surface area contributed by atoms with Crippen LogP contribution in [0.2, 0.25) is 0 Å². The molecule has 1 atom stereocenters. The van der Waals surface area contributed by atoms with Crippen LogP contribution in [0.3, 0.4) is 0 Å². The number of aromatic nitrogens is 2. The smallest absolute Gasteiger partial charge is 0.226 e. The highest BCUT2D eigenvalue weighted by Gasteiger charge is 2.23. The molecule has 156 valence electrons. The third-order valence-corrected chi connectivity index (χ3v) is 4.49. The molecule has 0 spiro atoms. The quantitative estimate of drug-likeness (QED) is 0.235. The van der Waals surface area contributed by atoms with Gasteiger partial charge < -0.3 is 19.9 Å². The number of morpholine rings is 1. The SMILES string of the molecule is CCNC(=NCC(C(C)C)N1CCOCC1)NCCCc1nc(C)no1.I. The summed E-state index contributed by atoms with van der Waals surface area (Å²) in [5.41, 5.74) is 0. The summed E-state index contributed by atoms with van der Waals surface area (Å²) in [4.78, 5) is 11.5. The van der Waals surface area contributed by atoms with Crippen molar-refractivity contribution < 1.29 is 9.26 Å². The largest absolute Gasteiger partial charge is 0.379 e. The Kier molecular flexibility index (Phi) is 11.8. The maximum atomic E-state index is 5.48. The Balaban J connectivity index is 0.00000364. The van der Waals surface area contributed by atoms with Gasteiger partial charge in [-0.3, -0.25) is 9.89 Å². The van der Waals surface area contributed by atoms with Crippen LogP contribution in [0.5, 0.6) is 0 Å². The molecule has 1 fully saturated rings. The lowest BCUT2D eigenvalue weighted by atomic mass is 10.0. The Bertz CT molecular complexity index is 546. The molecule has 1 saturated heterocycles. The van der Waals surface area contributed by atoms with Crippen LogP contribution >= 0.6 is 24.0 Å². The Hall–Kier alpha value is -0.940. The van der Waals surface area contributed by atoms with Gasteiger partial charge >= 0.3 is 0 Å². The van der Waals surface area contributed by atoms with E-state index in [9.17, 15) is 0 Å². The van der Waals surface area contributed by atoms with Gasteiger partial charge in [-0.1, -0.05) is 19.0 Å². The fraction of sp³-hybridized carbons (Fsp3) is 0.833. The molecule has 1 aliphatic rings. The predicted octanol–water partition coefficient (Wildman–Crippen LogP) is 1.84. The van der Waals surface area contributed by atoms with Gasteiger partial charge in [-0.25, -0.2) is 0 Å². The first-order valence-corrected chi connectivity index (χ1v) is 9.73. The number of aliphatic imine (C=N–C) groups is 1. The topological polar surface area (TPSA) is 87.8 Å². The summed E-state index contributed by atoms with van der Waals surface area (Å²) >= 11 is 0. The number of nitrogens with zero attached hydrogens (tertiary/aromatic N) is 4. The number of hydrogen-bond donors (Lipinski definition) is 2. The van der Waals surface area contributed by atoms with Crippen molar-refractivity contribution in [2.75, 3.05) is 45.9 Å². The van der Waals surface area contributed by atoms with Crippen LogP contribution in [0.25, 0.3) is 0 Å². The standard InChI is InChI=1S/C18H34N6O2.HI/c1-5-19-18(20-8-6-7-17-22-15(4)23-26-17)21-13-16(14(2)3)24-9-11-25-12-10-24;/h14,16H,5-13H2,1-4H3,(H2,19,20,21);1H. The summed E-state index contributed by atoms with van der Waals surface area (Å²) in [5.74, 6) is 2.80. The lowest BCUT2D eigenvalue weighted by Gasteiger charge is -2.36. The highest BCUT2D eigenvalue weighted by molar-refractivity contribution is 14.0. The molecule has 1 aliphatic heterocycles. The molecular weight excluding hydrogens is 459 g/mol. The normalized spacial score (nSPS) is 16.9. The van der Waals surface area contributed by atoms with Crippen molar-refractivity contribution in [2.24, 2.45) is 10.9 Å². The van der Waals surface area contributed by atoms with Crippen LogP contribution in [-0.4, -0.2) is 73.0 Å². The van der Waals surface area contributed by atoms with Crippen molar-refractivity contribution in [3.63, 3.8) is 0 Å². The van der Waals surface area contributed by atoms with E-state index in [2.05, 4.69) is 46.4 Å². The molecule has 1 unspecified atom stereocenters. The Morgan fingerprint density at radius 1 is 1.26 bits per heavy atom. The van der Waals surface area contributed by atoms with Gasteiger partial charge in [-0.2, -0.15) is 4.98 Å². The summed E-state index contributed by atoms with van der Waals surface area (Å²) in [6.45, 7) is 14.5. The van der Waals surface area contributed by atoms with Gasteiger partial charge in [0.15, 0.2) is 11.8 Å². The van der Waals surface area contributed by atoms with Crippen LogP contribution in [-0.2, 0) is 11.2 Å². The highest BCUT2D eigenvalue weighted by Crippen LogP contribution is 2.13. The highest BCUT2D eigenvalue weighted by atomic mass is 127. The first-order valence-electron chi connectivity index (χ1n) is 9.73. The summed E-state index contributed by atoms with van der Waals surface area (Å²) in [7, 11) is 0. The first-order chi connectivity index (χ1) is 12.6. The van der Waals surface area contributed by atoms with Gasteiger partial charge in [0.1, 0.15) is 0 Å². The van der Waals surface area contributed by atoms with Crippen molar-refractivity contribution >= 4 is 29.9 Å². The third kappa shape index (κ3) is 8.73. The van der Waals surface area contributed by atoms with Crippen molar-refractivity contribution in [3.8, 4) is 0 Å². The van der Waals surface area contributed by atoms with Crippen molar-refractivity contribution in [3.05, 3.63) is 11.7 Å². The molecular formula is C18H35IN6O2. The second-order valence-electron chi connectivity index (χ2n) is 6.94. The number of nitrogens with one attached hydrogen (secondary N) is 2. The van der Waals surface area contributed by atoms with E-state index >= 15 is 0 Å². The number of guanidine groups is 1. The van der Waals surface area contributed by atoms with Gasteiger partial charge in [0.05, 0.1) is 19.8 Å². The summed E-state index contributed by atoms with van der Waals surface area (Å²) < 4.78 is 10.6. The molecule has 8 nitrogen and oxygen atoms in total. The maximum Gasteiger partial charge on any atom is 0.226 e. The molecule has 0 aromatic carbocycles. The summed E-state index contributed by atoms with van der Waals surface area (Å²) in [6.07, 6.45) is 1.69. The average molecular weight is 494 g/mol. The number of halogens is 1. The summed E-state index contributed by atoms with van der Waals surface area (Å²) in [6, 6.07) is 0.440. The Morgan fingerprint density at radius 2 is 2.00 bits per heavy atom. The van der Waals surface area contributed by atoms with E-state index in [4.69, 9.17) is 14.3 Å². The molecule has 2 N–H and O–H groups in total. The average Bonchev–Trinajstić information content (AvgIpc) is 3.04. The van der Waals surface area contributed by atoms with Crippen LogP contribution in [0.4, 0.5) is 0 Å². The molecule has 0 radical (unpaired) electrons. The second-order valence-corrected chi connectivity index (χ2v) is 6.94. The Morgan fingerprint density at radius 3 is 2.59 bits per heavy atom. The minimum absolute atomic E-state index is 0. The molecule has 2 heterocycles. The second kappa shape index (κ2) is 13.3. The molecule has 0 aliphatic carbocycles. The molecule has 0 saturated carbocycles. The molecule has 1 aromatic rings. The molecule has 0 bridgehead atoms. The zero-order chi connectivity index (χ0) is 18.8. The molecule has 0 amide bonds. The van der Waals surface area contributed by atoms with Gasteiger partial charge in [0, 0.05) is 38.6 Å². The van der Waals surface area contributed by atoms with Gasteiger partial charge in [0.25, 0.3) is 0 Å². The molecule has 9 heteroatoms. The van der Waals surface area contributed by atoms with E-state index in [0.29, 0.717) is 23.7 Å². The number of hydrogen-bond acceptors (Lipinski definition) is 6. The lowest BCUT2D eigenvalue weighted by Crippen LogP contribution is -2.48. The van der Waals surface area contributed by atoms with Crippen molar-refractivity contribution in [1.29, 1.82) is 0 Å². The maximum absolute atomic E-state index is 5.48. The van der Waals surface area contributed by atoms with E-state index in [1.165, 1.54) is 0 Å². The zero-order valence-electron chi connectivity index (χ0n) is 17.0. The predicted molar refractivity (Wildman–Crippen MR) is 118 cm³/mol. The van der Waals surface area contributed by atoms with Crippen LogP contribution in [0, 0.1) is 12.8 Å². The van der Waals surface area contributed by atoms with Gasteiger partial charge in [-0.05, 0) is 26.2 Å². The minimum Gasteiger partial charge on any atom is -0.379 e. The van der Waals surface area contributed by atoms with Crippen LogP contribution in [0.15, 0.2) is 9.52 Å². The fourth-order valence-electron chi connectivity index (χ4n) is 3.07. The summed E-state index contributed by atoms with van der Waals surface area (Å²) in [5, 5.41) is 10.5. The van der Waals surface area contributed by atoms with Crippen molar-refractivity contribution in [1.82, 2.24) is 25.7 Å². The van der Waals surface area contributed by atoms with Gasteiger partial charge in [0.2, 0.25) is 5.89 Å². The van der Waals surface area contributed by atoms with Crippen LogP contribution in [0.1, 0.15) is 38.9 Å². The Labute approximate surface area is 179 Å². The minimum atomic E-state index is 0.